The molecule has 1 saturated heterocycles. The van der Waals surface area contributed by atoms with Gasteiger partial charge in [-0.15, -0.1) is 0 Å². The zero-order valence-corrected chi connectivity index (χ0v) is 8.21. The number of nitrogens with one attached hydrogen (secondary N) is 1. The van der Waals surface area contributed by atoms with E-state index in [0.29, 0.717) is 18.7 Å². The van der Waals surface area contributed by atoms with Gasteiger partial charge in [-0.25, -0.2) is 8.78 Å². The number of aliphatic hydroxyl groups excluding tert-OH is 1. The Labute approximate surface area is 86.9 Å². The van der Waals surface area contributed by atoms with E-state index in [2.05, 4.69) is 5.32 Å². The molecule has 1 aliphatic heterocycles. The fraction of sp³-hybridized carbons (Fsp3) is 0.455. The van der Waals surface area contributed by atoms with Gasteiger partial charge in [-0.3, -0.25) is 0 Å². The molecule has 1 heterocycles. The van der Waals surface area contributed by atoms with Crippen molar-refractivity contribution in [1.29, 1.82) is 0 Å². The molecule has 1 aromatic rings. The van der Waals surface area contributed by atoms with Crippen LogP contribution in [0.1, 0.15) is 11.5 Å². The first-order valence-electron chi connectivity index (χ1n) is 4.99. The molecule has 1 aliphatic rings. The van der Waals surface area contributed by atoms with Gasteiger partial charge in [-0.1, -0.05) is 0 Å². The van der Waals surface area contributed by atoms with Crippen LogP contribution in [0.2, 0.25) is 0 Å². The molecule has 0 spiro atoms. The summed E-state index contributed by atoms with van der Waals surface area (Å²) in [5, 5.41) is 12.2. The molecule has 0 aliphatic carbocycles. The lowest BCUT2D eigenvalue weighted by molar-refractivity contribution is 0.225. The van der Waals surface area contributed by atoms with Gasteiger partial charge in [0.25, 0.3) is 0 Å². The van der Waals surface area contributed by atoms with Crippen LogP contribution in [0.3, 0.4) is 0 Å². The number of halogens is 2. The normalized spacial score (nSPS) is 25.8. The van der Waals surface area contributed by atoms with Crippen LogP contribution in [-0.4, -0.2) is 24.8 Å². The van der Waals surface area contributed by atoms with E-state index in [1.807, 2.05) is 0 Å². The minimum Gasteiger partial charge on any atom is -0.396 e. The van der Waals surface area contributed by atoms with E-state index in [0.717, 1.165) is 12.1 Å². The van der Waals surface area contributed by atoms with E-state index >= 15 is 0 Å². The Hall–Kier alpha value is -1.00. The Morgan fingerprint density at radius 2 is 2.13 bits per heavy atom. The Kier molecular flexibility index (Phi) is 2.98. The molecule has 1 fully saturated rings. The fourth-order valence-electron chi connectivity index (χ4n) is 2.09. The fourth-order valence-corrected chi connectivity index (χ4v) is 2.09. The van der Waals surface area contributed by atoms with Gasteiger partial charge in [-0.2, -0.15) is 0 Å². The van der Waals surface area contributed by atoms with Crippen molar-refractivity contribution in [2.24, 2.45) is 5.92 Å². The van der Waals surface area contributed by atoms with Gasteiger partial charge >= 0.3 is 0 Å². The molecule has 2 atom stereocenters. The van der Waals surface area contributed by atoms with E-state index in [1.54, 1.807) is 0 Å². The summed E-state index contributed by atoms with van der Waals surface area (Å²) in [7, 11) is 0. The van der Waals surface area contributed by atoms with Gasteiger partial charge in [0.1, 0.15) is 11.6 Å². The van der Waals surface area contributed by atoms with Gasteiger partial charge in [0.05, 0.1) is 0 Å². The molecular formula is C11H13F2NO. The SMILES string of the molecule is OCC1CNCC1c1cc(F)ccc1F. The quantitative estimate of drug-likeness (QED) is 0.775. The maximum Gasteiger partial charge on any atom is 0.126 e. The van der Waals surface area contributed by atoms with Crippen molar-refractivity contribution in [1.82, 2.24) is 5.32 Å². The summed E-state index contributed by atoms with van der Waals surface area (Å²) >= 11 is 0. The second-order valence-corrected chi connectivity index (χ2v) is 3.87. The van der Waals surface area contributed by atoms with Gasteiger partial charge in [-0.05, 0) is 23.8 Å². The van der Waals surface area contributed by atoms with E-state index < -0.39 is 11.6 Å². The highest BCUT2D eigenvalue weighted by Gasteiger charge is 2.29. The molecule has 2 unspecified atom stereocenters. The first-order chi connectivity index (χ1) is 7.22. The molecule has 4 heteroatoms. The highest BCUT2D eigenvalue weighted by atomic mass is 19.1. The Balaban J connectivity index is 2.31. The molecule has 0 radical (unpaired) electrons. The number of hydrogen-bond acceptors (Lipinski definition) is 2. The molecule has 0 amide bonds. The third-order valence-electron chi connectivity index (χ3n) is 2.93. The third kappa shape index (κ3) is 2.01. The molecular weight excluding hydrogens is 200 g/mol. The number of hydrogen-bond donors (Lipinski definition) is 2. The molecule has 1 aromatic carbocycles. The van der Waals surface area contributed by atoms with Gasteiger partial charge in [0, 0.05) is 31.5 Å². The standard InChI is InChI=1S/C11H13F2NO/c12-8-1-2-11(13)9(3-8)10-5-14-4-7(10)6-15/h1-3,7,10,14-15H,4-6H2. The molecule has 82 valence electrons. The number of rotatable bonds is 2. The van der Waals surface area contributed by atoms with Crippen LogP contribution >= 0.6 is 0 Å². The predicted molar refractivity (Wildman–Crippen MR) is 52.5 cm³/mol. The Morgan fingerprint density at radius 1 is 1.33 bits per heavy atom. The monoisotopic (exact) mass is 213 g/mol. The largest absolute Gasteiger partial charge is 0.396 e. The lowest BCUT2D eigenvalue weighted by atomic mass is 9.89. The second kappa shape index (κ2) is 4.24. The molecule has 2 N–H and O–H groups in total. The van der Waals surface area contributed by atoms with E-state index in [9.17, 15) is 8.78 Å². The van der Waals surface area contributed by atoms with Crippen molar-refractivity contribution in [3.63, 3.8) is 0 Å². The van der Waals surface area contributed by atoms with E-state index in [1.165, 1.54) is 6.07 Å². The number of benzene rings is 1. The zero-order valence-electron chi connectivity index (χ0n) is 8.21. The third-order valence-corrected chi connectivity index (χ3v) is 2.93. The predicted octanol–water partition coefficient (Wildman–Crippen LogP) is 1.26. The van der Waals surface area contributed by atoms with Crippen molar-refractivity contribution in [3.8, 4) is 0 Å². The highest BCUT2D eigenvalue weighted by Crippen LogP contribution is 2.29. The zero-order chi connectivity index (χ0) is 10.8. The summed E-state index contributed by atoms with van der Waals surface area (Å²) in [6, 6.07) is 3.46. The van der Waals surface area contributed by atoms with Crippen molar-refractivity contribution < 1.29 is 13.9 Å². The van der Waals surface area contributed by atoms with Crippen LogP contribution in [0, 0.1) is 17.6 Å². The highest BCUT2D eigenvalue weighted by molar-refractivity contribution is 5.25. The van der Waals surface area contributed by atoms with Crippen molar-refractivity contribution >= 4 is 0 Å². The Morgan fingerprint density at radius 3 is 2.87 bits per heavy atom. The number of aliphatic hydroxyl groups is 1. The summed E-state index contributed by atoms with van der Waals surface area (Å²) in [5.74, 6) is -0.995. The smallest absolute Gasteiger partial charge is 0.126 e. The van der Waals surface area contributed by atoms with Crippen LogP contribution in [0.5, 0.6) is 0 Å². The van der Waals surface area contributed by atoms with Crippen molar-refractivity contribution in [3.05, 3.63) is 35.4 Å². The summed E-state index contributed by atoms with van der Waals surface area (Å²) in [5.41, 5.74) is 0.360. The average Bonchev–Trinajstić information content (AvgIpc) is 2.69. The minimum absolute atomic E-state index is 0.00633. The van der Waals surface area contributed by atoms with Crippen LogP contribution < -0.4 is 5.32 Å². The van der Waals surface area contributed by atoms with Gasteiger partial charge in [0.2, 0.25) is 0 Å². The molecule has 0 aromatic heterocycles. The summed E-state index contributed by atoms with van der Waals surface area (Å²) in [4.78, 5) is 0. The van der Waals surface area contributed by atoms with Crippen molar-refractivity contribution in [2.45, 2.75) is 5.92 Å². The van der Waals surface area contributed by atoms with Crippen molar-refractivity contribution in [2.75, 3.05) is 19.7 Å². The summed E-state index contributed by atoms with van der Waals surface area (Å²) in [6.45, 7) is 1.23. The Bertz CT molecular complexity index is 356. The van der Waals surface area contributed by atoms with Gasteiger partial charge in [0.15, 0.2) is 0 Å². The first-order valence-corrected chi connectivity index (χ1v) is 4.99. The summed E-state index contributed by atoms with van der Waals surface area (Å²) in [6.07, 6.45) is 0. The molecule has 2 nitrogen and oxygen atoms in total. The van der Waals surface area contributed by atoms with E-state index in [-0.39, 0.29) is 18.4 Å². The first kappa shape index (κ1) is 10.5. The molecule has 0 saturated carbocycles. The van der Waals surface area contributed by atoms with E-state index in [4.69, 9.17) is 5.11 Å². The maximum atomic E-state index is 13.5. The molecule has 15 heavy (non-hydrogen) atoms. The molecule has 0 bridgehead atoms. The maximum absolute atomic E-state index is 13.5. The van der Waals surface area contributed by atoms with Crippen LogP contribution in [0.15, 0.2) is 18.2 Å². The van der Waals surface area contributed by atoms with Crippen LogP contribution in [0.25, 0.3) is 0 Å². The lowest BCUT2D eigenvalue weighted by Gasteiger charge is -2.17. The van der Waals surface area contributed by atoms with Crippen LogP contribution in [0.4, 0.5) is 8.78 Å². The second-order valence-electron chi connectivity index (χ2n) is 3.87. The lowest BCUT2D eigenvalue weighted by Crippen LogP contribution is -2.16. The molecule has 2 rings (SSSR count). The van der Waals surface area contributed by atoms with Crippen LogP contribution in [-0.2, 0) is 0 Å². The summed E-state index contributed by atoms with van der Waals surface area (Å²) < 4.78 is 26.4. The van der Waals surface area contributed by atoms with Gasteiger partial charge < -0.3 is 10.4 Å². The topological polar surface area (TPSA) is 32.3 Å². The minimum atomic E-state index is -0.435. The average molecular weight is 213 g/mol.